The Bertz CT molecular complexity index is 300. The Kier molecular flexibility index (Phi) is 5.36. The summed E-state index contributed by atoms with van der Waals surface area (Å²) in [6.07, 6.45) is 0. The first-order chi connectivity index (χ1) is 8.44. The Morgan fingerprint density at radius 3 is 2.33 bits per heavy atom. The predicted octanol–water partition coefficient (Wildman–Crippen LogP) is -1.55. The van der Waals surface area contributed by atoms with Crippen LogP contribution in [0.3, 0.4) is 0 Å². The van der Waals surface area contributed by atoms with Crippen LogP contribution in [0, 0.1) is 0 Å². The molecule has 0 bridgehead atoms. The zero-order valence-electron chi connectivity index (χ0n) is 11.1. The van der Waals surface area contributed by atoms with Crippen LogP contribution in [0.2, 0.25) is 0 Å². The van der Waals surface area contributed by atoms with E-state index in [9.17, 15) is 9.59 Å². The van der Waals surface area contributed by atoms with E-state index in [1.54, 1.807) is 0 Å². The van der Waals surface area contributed by atoms with E-state index in [0.717, 1.165) is 26.2 Å². The van der Waals surface area contributed by atoms with E-state index in [1.165, 1.54) is 0 Å². The molecule has 1 fully saturated rings. The fourth-order valence-corrected chi connectivity index (χ4v) is 1.95. The van der Waals surface area contributed by atoms with E-state index in [-0.39, 0.29) is 5.91 Å². The third-order valence-electron chi connectivity index (χ3n) is 3.17. The molecule has 5 N–H and O–H groups in total. The number of carbonyl (C=O) groups excluding carboxylic acids is 2. The summed E-state index contributed by atoms with van der Waals surface area (Å²) in [5.41, 5.74) is 4.40. The molecule has 0 radical (unpaired) electrons. The predicted molar refractivity (Wildman–Crippen MR) is 69.1 cm³/mol. The lowest BCUT2D eigenvalue weighted by Gasteiger charge is -2.39. The Labute approximate surface area is 107 Å². The van der Waals surface area contributed by atoms with Crippen LogP contribution >= 0.6 is 0 Å². The van der Waals surface area contributed by atoms with E-state index >= 15 is 0 Å². The Balaban J connectivity index is 2.36. The SMILES string of the molecule is CC(C)(C(=O)NCCNC(N)=O)N1CCNCC1. The Hall–Kier alpha value is -1.34. The van der Waals surface area contributed by atoms with Crippen molar-refractivity contribution in [3.63, 3.8) is 0 Å². The summed E-state index contributed by atoms with van der Waals surface area (Å²) in [7, 11) is 0. The van der Waals surface area contributed by atoms with Crippen LogP contribution in [0.1, 0.15) is 13.8 Å². The molecule has 1 aliphatic heterocycles. The Morgan fingerprint density at radius 1 is 1.22 bits per heavy atom. The highest BCUT2D eigenvalue weighted by Crippen LogP contribution is 2.14. The fraction of sp³-hybridized carbons (Fsp3) is 0.818. The van der Waals surface area contributed by atoms with Crippen molar-refractivity contribution in [2.75, 3.05) is 39.3 Å². The van der Waals surface area contributed by atoms with Crippen LogP contribution in [0.15, 0.2) is 0 Å². The van der Waals surface area contributed by atoms with Crippen LogP contribution in [0.25, 0.3) is 0 Å². The van der Waals surface area contributed by atoms with Crippen molar-refractivity contribution in [3.8, 4) is 0 Å². The van der Waals surface area contributed by atoms with E-state index < -0.39 is 11.6 Å². The highest BCUT2D eigenvalue weighted by molar-refractivity contribution is 5.85. The van der Waals surface area contributed by atoms with Crippen LogP contribution in [-0.4, -0.2) is 61.6 Å². The van der Waals surface area contributed by atoms with Gasteiger partial charge in [-0.25, -0.2) is 4.79 Å². The second-order valence-electron chi connectivity index (χ2n) is 4.84. The van der Waals surface area contributed by atoms with Gasteiger partial charge in [0.15, 0.2) is 0 Å². The molecule has 1 heterocycles. The third-order valence-corrected chi connectivity index (χ3v) is 3.17. The van der Waals surface area contributed by atoms with Crippen molar-refractivity contribution in [3.05, 3.63) is 0 Å². The summed E-state index contributed by atoms with van der Waals surface area (Å²) in [5.74, 6) is -0.0318. The maximum Gasteiger partial charge on any atom is 0.312 e. The second-order valence-corrected chi connectivity index (χ2v) is 4.84. The quantitative estimate of drug-likeness (QED) is 0.448. The van der Waals surface area contributed by atoms with Gasteiger partial charge in [-0.3, -0.25) is 9.69 Å². The molecule has 18 heavy (non-hydrogen) atoms. The number of nitrogens with two attached hydrogens (primary N) is 1. The van der Waals surface area contributed by atoms with E-state index in [1.807, 2.05) is 13.8 Å². The van der Waals surface area contributed by atoms with Gasteiger partial charge in [-0.15, -0.1) is 0 Å². The van der Waals surface area contributed by atoms with Crippen molar-refractivity contribution < 1.29 is 9.59 Å². The van der Waals surface area contributed by atoms with Gasteiger partial charge in [0.05, 0.1) is 5.54 Å². The lowest BCUT2D eigenvalue weighted by molar-refractivity contribution is -0.132. The second kappa shape index (κ2) is 6.55. The van der Waals surface area contributed by atoms with Gasteiger partial charge in [0.2, 0.25) is 5.91 Å². The number of nitrogens with one attached hydrogen (secondary N) is 3. The van der Waals surface area contributed by atoms with Gasteiger partial charge in [-0.2, -0.15) is 0 Å². The molecule has 0 aromatic carbocycles. The van der Waals surface area contributed by atoms with Gasteiger partial charge < -0.3 is 21.7 Å². The average molecular weight is 257 g/mol. The van der Waals surface area contributed by atoms with Crippen molar-refractivity contribution in [2.45, 2.75) is 19.4 Å². The molecule has 0 spiro atoms. The van der Waals surface area contributed by atoms with Crippen LogP contribution in [0.4, 0.5) is 4.79 Å². The number of rotatable bonds is 5. The van der Waals surface area contributed by atoms with Crippen molar-refractivity contribution in [1.29, 1.82) is 0 Å². The number of amides is 3. The molecule has 0 aromatic heterocycles. The molecular formula is C11H23N5O2. The molecule has 3 amide bonds. The lowest BCUT2D eigenvalue weighted by atomic mass is 10.0. The zero-order chi connectivity index (χ0) is 13.6. The molecule has 1 saturated heterocycles. The minimum atomic E-state index is -0.578. The normalized spacial score (nSPS) is 17.2. The summed E-state index contributed by atoms with van der Waals surface area (Å²) in [6.45, 7) is 8.08. The number of urea groups is 1. The first kappa shape index (κ1) is 14.7. The number of hydrogen-bond donors (Lipinski definition) is 4. The summed E-state index contributed by atoms with van der Waals surface area (Å²) < 4.78 is 0. The molecule has 1 aliphatic rings. The van der Waals surface area contributed by atoms with Crippen LogP contribution in [-0.2, 0) is 4.79 Å². The maximum atomic E-state index is 12.1. The summed E-state index contributed by atoms with van der Waals surface area (Å²) in [4.78, 5) is 24.7. The van der Waals surface area contributed by atoms with Crippen molar-refractivity contribution >= 4 is 11.9 Å². The molecule has 0 aromatic rings. The lowest BCUT2D eigenvalue weighted by Crippen LogP contribution is -2.60. The molecule has 0 unspecified atom stereocenters. The zero-order valence-corrected chi connectivity index (χ0v) is 11.1. The highest BCUT2D eigenvalue weighted by atomic mass is 16.2. The molecular weight excluding hydrogens is 234 g/mol. The number of nitrogens with zero attached hydrogens (tertiary/aromatic N) is 1. The van der Waals surface area contributed by atoms with E-state index in [4.69, 9.17) is 5.73 Å². The van der Waals surface area contributed by atoms with Gasteiger partial charge in [0, 0.05) is 39.3 Å². The molecule has 104 valence electrons. The van der Waals surface area contributed by atoms with Crippen molar-refractivity contribution in [2.24, 2.45) is 5.73 Å². The topological polar surface area (TPSA) is 99.5 Å². The monoisotopic (exact) mass is 257 g/mol. The molecule has 0 aliphatic carbocycles. The smallest absolute Gasteiger partial charge is 0.312 e. The molecule has 0 saturated carbocycles. The number of carbonyl (C=O) groups is 2. The first-order valence-corrected chi connectivity index (χ1v) is 6.22. The standard InChI is InChI=1S/C11H23N5O2/c1-11(2,16-7-5-13-6-8-16)9(17)14-3-4-15-10(12)18/h13H,3-8H2,1-2H3,(H,14,17)(H3,12,15,18). The summed E-state index contributed by atoms with van der Waals surface area (Å²) >= 11 is 0. The van der Waals surface area contributed by atoms with Crippen molar-refractivity contribution in [1.82, 2.24) is 20.9 Å². The van der Waals surface area contributed by atoms with Gasteiger partial charge >= 0.3 is 6.03 Å². The fourth-order valence-electron chi connectivity index (χ4n) is 1.95. The third kappa shape index (κ3) is 4.15. The van der Waals surface area contributed by atoms with Crippen LogP contribution in [0.5, 0.6) is 0 Å². The van der Waals surface area contributed by atoms with Gasteiger partial charge in [0.25, 0.3) is 0 Å². The minimum absolute atomic E-state index is 0.0318. The van der Waals surface area contributed by atoms with E-state index in [2.05, 4.69) is 20.9 Å². The highest BCUT2D eigenvalue weighted by Gasteiger charge is 2.34. The molecule has 1 rings (SSSR count). The average Bonchev–Trinajstić information content (AvgIpc) is 2.35. The molecule has 7 nitrogen and oxygen atoms in total. The van der Waals surface area contributed by atoms with E-state index in [0.29, 0.717) is 13.1 Å². The Morgan fingerprint density at radius 2 is 1.78 bits per heavy atom. The van der Waals surface area contributed by atoms with Gasteiger partial charge in [0.1, 0.15) is 0 Å². The van der Waals surface area contributed by atoms with Crippen LogP contribution < -0.4 is 21.7 Å². The maximum absolute atomic E-state index is 12.1. The van der Waals surface area contributed by atoms with Gasteiger partial charge in [-0.05, 0) is 13.8 Å². The van der Waals surface area contributed by atoms with Gasteiger partial charge in [-0.1, -0.05) is 0 Å². The summed E-state index contributed by atoms with van der Waals surface area (Å²) in [6, 6.07) is -0.578. The number of primary amides is 1. The summed E-state index contributed by atoms with van der Waals surface area (Å²) in [5, 5.41) is 8.49. The minimum Gasteiger partial charge on any atom is -0.353 e. The molecule has 7 heteroatoms. The number of hydrogen-bond acceptors (Lipinski definition) is 4. The number of piperazine rings is 1. The first-order valence-electron chi connectivity index (χ1n) is 6.22. The molecule has 0 atom stereocenters. The largest absolute Gasteiger partial charge is 0.353 e.